The first-order valence-electron chi connectivity index (χ1n) is 10.8. The standard InChI is InChI=1S/C25H21F2N5O3S/c1-35-24-4-3-16(10-23(24)31-36(2,33)34)17-9-20-21(13-29-25(20)28-12-17)22-5-6-32(30-22)14-15-7-18(26)11-19(27)8-15/h3-13,31H,14H2,1-2H3,(H,28,29). The average Bonchev–Trinajstić information content (AvgIpc) is 3.43. The van der Waals surface area contributed by atoms with Crippen molar-refractivity contribution in [2.45, 2.75) is 6.54 Å². The lowest BCUT2D eigenvalue weighted by molar-refractivity contribution is 0.417. The maximum Gasteiger partial charge on any atom is 0.229 e. The number of pyridine rings is 1. The van der Waals surface area contributed by atoms with Gasteiger partial charge in [-0.05, 0) is 47.5 Å². The maximum atomic E-state index is 13.5. The van der Waals surface area contributed by atoms with Crippen LogP contribution in [0, 0.1) is 11.6 Å². The number of nitrogens with zero attached hydrogens (tertiary/aromatic N) is 3. The van der Waals surface area contributed by atoms with Gasteiger partial charge in [0.15, 0.2) is 0 Å². The molecule has 36 heavy (non-hydrogen) atoms. The normalized spacial score (nSPS) is 11.7. The van der Waals surface area contributed by atoms with Gasteiger partial charge in [-0.25, -0.2) is 22.2 Å². The highest BCUT2D eigenvalue weighted by Crippen LogP contribution is 2.34. The topological polar surface area (TPSA) is 102 Å². The summed E-state index contributed by atoms with van der Waals surface area (Å²) in [4.78, 5) is 7.63. The van der Waals surface area contributed by atoms with Crippen LogP contribution >= 0.6 is 0 Å². The highest BCUT2D eigenvalue weighted by molar-refractivity contribution is 7.92. The number of rotatable bonds is 7. The van der Waals surface area contributed by atoms with Crippen molar-refractivity contribution in [2.75, 3.05) is 18.1 Å². The van der Waals surface area contributed by atoms with Gasteiger partial charge in [-0.1, -0.05) is 6.07 Å². The molecule has 2 aromatic carbocycles. The Morgan fingerprint density at radius 3 is 2.56 bits per heavy atom. The number of halogens is 2. The van der Waals surface area contributed by atoms with Gasteiger partial charge < -0.3 is 9.72 Å². The van der Waals surface area contributed by atoms with E-state index < -0.39 is 21.7 Å². The fourth-order valence-corrected chi connectivity index (χ4v) is 4.58. The van der Waals surface area contributed by atoms with Crippen LogP contribution in [0.3, 0.4) is 0 Å². The number of aromatic nitrogens is 4. The third-order valence-corrected chi connectivity index (χ3v) is 6.13. The molecule has 0 amide bonds. The summed E-state index contributed by atoms with van der Waals surface area (Å²) in [6.07, 6.45) is 6.29. The lowest BCUT2D eigenvalue weighted by Crippen LogP contribution is -2.10. The molecule has 0 aliphatic carbocycles. The molecular weight excluding hydrogens is 488 g/mol. The van der Waals surface area contributed by atoms with Crippen molar-refractivity contribution in [1.29, 1.82) is 0 Å². The number of nitrogens with one attached hydrogen (secondary N) is 2. The summed E-state index contributed by atoms with van der Waals surface area (Å²) in [6, 6.07) is 12.3. The van der Waals surface area contributed by atoms with Crippen LogP contribution in [0.2, 0.25) is 0 Å². The minimum absolute atomic E-state index is 0.211. The smallest absolute Gasteiger partial charge is 0.229 e. The second-order valence-electron chi connectivity index (χ2n) is 8.29. The van der Waals surface area contributed by atoms with Crippen LogP contribution in [0.15, 0.2) is 67.1 Å². The largest absolute Gasteiger partial charge is 0.495 e. The number of hydrogen-bond donors (Lipinski definition) is 2. The third-order valence-electron chi connectivity index (χ3n) is 5.54. The molecule has 5 rings (SSSR count). The van der Waals surface area contributed by atoms with E-state index in [1.54, 1.807) is 35.4 Å². The van der Waals surface area contributed by atoms with Gasteiger partial charge in [0.1, 0.15) is 23.0 Å². The molecule has 0 atom stereocenters. The molecule has 0 spiro atoms. The van der Waals surface area contributed by atoms with Gasteiger partial charge in [0.25, 0.3) is 0 Å². The predicted octanol–water partition coefficient (Wildman–Crippen LogP) is 4.80. The van der Waals surface area contributed by atoms with Crippen LogP contribution in [0.25, 0.3) is 33.4 Å². The molecule has 5 aromatic rings. The third kappa shape index (κ3) is 4.91. The number of methoxy groups -OCH3 is 1. The first-order chi connectivity index (χ1) is 17.2. The van der Waals surface area contributed by atoms with E-state index in [1.807, 2.05) is 18.2 Å². The summed E-state index contributed by atoms with van der Waals surface area (Å²) in [7, 11) is -2.04. The van der Waals surface area contributed by atoms with Gasteiger partial charge in [0.05, 0.1) is 31.3 Å². The second-order valence-corrected chi connectivity index (χ2v) is 10.0. The van der Waals surface area contributed by atoms with E-state index in [9.17, 15) is 17.2 Å². The first kappa shape index (κ1) is 23.5. The zero-order chi connectivity index (χ0) is 25.4. The van der Waals surface area contributed by atoms with E-state index in [4.69, 9.17) is 4.74 Å². The molecule has 0 aliphatic rings. The summed E-state index contributed by atoms with van der Waals surface area (Å²) in [6.45, 7) is 0.211. The van der Waals surface area contributed by atoms with Crippen molar-refractivity contribution < 1.29 is 21.9 Å². The summed E-state index contributed by atoms with van der Waals surface area (Å²) in [5, 5.41) is 5.38. The van der Waals surface area contributed by atoms with E-state index >= 15 is 0 Å². The number of aromatic amines is 1. The van der Waals surface area contributed by atoms with Gasteiger partial charge in [-0.15, -0.1) is 0 Å². The summed E-state index contributed by atoms with van der Waals surface area (Å²) >= 11 is 0. The molecule has 8 nitrogen and oxygen atoms in total. The Labute approximate surface area is 205 Å². The molecule has 3 aromatic heterocycles. The van der Waals surface area contributed by atoms with Crippen molar-refractivity contribution in [3.8, 4) is 28.1 Å². The van der Waals surface area contributed by atoms with Crippen molar-refractivity contribution in [3.63, 3.8) is 0 Å². The second kappa shape index (κ2) is 9.08. The van der Waals surface area contributed by atoms with Gasteiger partial charge in [0, 0.05) is 41.2 Å². The number of benzene rings is 2. The quantitative estimate of drug-likeness (QED) is 0.328. The number of fused-ring (bicyclic) bond motifs is 1. The van der Waals surface area contributed by atoms with E-state index in [0.717, 1.165) is 34.4 Å². The summed E-state index contributed by atoms with van der Waals surface area (Å²) < 4.78 is 60.0. The van der Waals surface area contributed by atoms with Crippen LogP contribution in [0.4, 0.5) is 14.5 Å². The summed E-state index contributed by atoms with van der Waals surface area (Å²) in [5.41, 5.74) is 4.39. The van der Waals surface area contributed by atoms with Gasteiger partial charge in [-0.2, -0.15) is 5.10 Å². The number of ether oxygens (including phenoxy) is 1. The van der Waals surface area contributed by atoms with Crippen molar-refractivity contribution in [1.82, 2.24) is 19.7 Å². The van der Waals surface area contributed by atoms with Gasteiger partial charge in [0.2, 0.25) is 10.0 Å². The van der Waals surface area contributed by atoms with E-state index in [2.05, 4.69) is 19.8 Å². The molecule has 0 saturated heterocycles. The SMILES string of the molecule is COc1ccc(-c2cnc3[nH]cc(-c4ccn(Cc5cc(F)cc(F)c5)n4)c3c2)cc1NS(C)(=O)=O. The van der Waals surface area contributed by atoms with Crippen molar-refractivity contribution >= 4 is 26.7 Å². The molecule has 184 valence electrons. The molecule has 11 heteroatoms. The number of H-pyrrole nitrogens is 1. The molecular formula is C25H21F2N5O3S. The van der Waals surface area contributed by atoms with E-state index in [0.29, 0.717) is 28.3 Å². The molecule has 0 radical (unpaired) electrons. The minimum atomic E-state index is -3.51. The van der Waals surface area contributed by atoms with Crippen LogP contribution in [0.5, 0.6) is 5.75 Å². The molecule has 0 aliphatic heterocycles. The Balaban J connectivity index is 1.49. The molecule has 2 N–H and O–H groups in total. The van der Waals surface area contributed by atoms with Crippen molar-refractivity contribution in [2.24, 2.45) is 0 Å². The lowest BCUT2D eigenvalue weighted by atomic mass is 10.0. The van der Waals surface area contributed by atoms with Crippen LogP contribution in [0.1, 0.15) is 5.56 Å². The molecule has 0 fully saturated rings. The van der Waals surface area contributed by atoms with Gasteiger partial charge >= 0.3 is 0 Å². The van der Waals surface area contributed by atoms with E-state index in [1.165, 1.54) is 19.2 Å². The minimum Gasteiger partial charge on any atom is -0.495 e. The maximum absolute atomic E-state index is 13.5. The zero-order valence-corrected chi connectivity index (χ0v) is 20.1. The Kier molecular flexibility index (Phi) is 5.92. The fourth-order valence-electron chi connectivity index (χ4n) is 4.02. The number of anilines is 1. The first-order valence-corrected chi connectivity index (χ1v) is 12.7. The molecule has 0 bridgehead atoms. The highest BCUT2D eigenvalue weighted by Gasteiger charge is 2.14. The lowest BCUT2D eigenvalue weighted by Gasteiger charge is -2.12. The molecule has 0 saturated carbocycles. The van der Waals surface area contributed by atoms with Crippen LogP contribution in [-0.2, 0) is 16.6 Å². The Hall–Kier alpha value is -4.25. The number of hydrogen-bond acceptors (Lipinski definition) is 5. The van der Waals surface area contributed by atoms with Crippen LogP contribution < -0.4 is 9.46 Å². The monoisotopic (exact) mass is 509 g/mol. The Morgan fingerprint density at radius 1 is 1.06 bits per heavy atom. The fraction of sp³-hybridized carbons (Fsp3) is 0.120. The molecule has 3 heterocycles. The highest BCUT2D eigenvalue weighted by atomic mass is 32.2. The van der Waals surface area contributed by atoms with Crippen molar-refractivity contribution in [3.05, 3.63) is 84.3 Å². The zero-order valence-electron chi connectivity index (χ0n) is 19.3. The summed E-state index contributed by atoms with van der Waals surface area (Å²) in [5.74, 6) is -0.883. The van der Waals surface area contributed by atoms with Crippen LogP contribution in [-0.4, -0.2) is 41.5 Å². The Bertz CT molecular complexity index is 1680. The van der Waals surface area contributed by atoms with Gasteiger partial charge in [-0.3, -0.25) is 9.40 Å². The Morgan fingerprint density at radius 2 is 1.83 bits per heavy atom. The predicted molar refractivity (Wildman–Crippen MR) is 133 cm³/mol. The average molecular weight is 510 g/mol. The number of sulfonamides is 1. The van der Waals surface area contributed by atoms with E-state index in [-0.39, 0.29) is 6.54 Å². The molecule has 0 unspecified atom stereocenters.